The molecule has 0 heterocycles. The lowest BCUT2D eigenvalue weighted by Gasteiger charge is -2.09. The van der Waals surface area contributed by atoms with Gasteiger partial charge in [-0.3, -0.25) is 4.79 Å². The van der Waals surface area contributed by atoms with Crippen LogP contribution in [0.15, 0.2) is 46.9 Å². The minimum atomic E-state index is 0.00630. The zero-order chi connectivity index (χ0) is 13.8. The Kier molecular flexibility index (Phi) is 4.38. The maximum atomic E-state index is 12.0. The van der Waals surface area contributed by atoms with E-state index < -0.39 is 0 Å². The molecule has 0 radical (unpaired) electrons. The maximum absolute atomic E-state index is 12.0. The van der Waals surface area contributed by atoms with Gasteiger partial charge in [-0.15, -0.1) is 0 Å². The van der Waals surface area contributed by atoms with E-state index in [0.29, 0.717) is 6.42 Å². The molecule has 0 spiro atoms. The van der Waals surface area contributed by atoms with Crippen LogP contribution in [0, 0.1) is 13.8 Å². The summed E-state index contributed by atoms with van der Waals surface area (Å²) in [5.74, 6) is 0.00630. The number of hydrogen-bond acceptors (Lipinski definition) is 1. The summed E-state index contributed by atoms with van der Waals surface area (Å²) in [5.41, 5.74) is 4.11. The Balaban J connectivity index is 2.07. The highest BCUT2D eigenvalue weighted by atomic mass is 79.9. The summed E-state index contributed by atoms with van der Waals surface area (Å²) in [6, 6.07) is 13.9. The predicted molar refractivity (Wildman–Crippen MR) is 82.4 cm³/mol. The van der Waals surface area contributed by atoms with E-state index in [4.69, 9.17) is 0 Å². The van der Waals surface area contributed by atoms with Crippen molar-refractivity contribution >= 4 is 27.5 Å². The average molecular weight is 318 g/mol. The van der Waals surface area contributed by atoms with E-state index in [1.54, 1.807) is 0 Å². The lowest BCUT2D eigenvalue weighted by Crippen LogP contribution is -2.15. The second kappa shape index (κ2) is 6.02. The van der Waals surface area contributed by atoms with Crippen molar-refractivity contribution in [1.82, 2.24) is 0 Å². The van der Waals surface area contributed by atoms with Crippen molar-refractivity contribution < 1.29 is 4.79 Å². The normalized spacial score (nSPS) is 10.3. The Bertz CT molecular complexity index is 607. The molecule has 2 aromatic rings. The molecular weight excluding hydrogens is 302 g/mol. The quantitative estimate of drug-likeness (QED) is 0.901. The van der Waals surface area contributed by atoms with Gasteiger partial charge in [-0.25, -0.2) is 0 Å². The van der Waals surface area contributed by atoms with Gasteiger partial charge < -0.3 is 5.32 Å². The standard InChI is InChI=1S/C16H16BrNO/c1-11-6-7-12(2)15(8-11)18-16(19)10-13-4-3-5-14(17)9-13/h3-9H,10H2,1-2H3,(H,18,19). The van der Waals surface area contributed by atoms with E-state index in [9.17, 15) is 4.79 Å². The van der Waals surface area contributed by atoms with Crippen LogP contribution in [0.25, 0.3) is 0 Å². The number of rotatable bonds is 3. The fourth-order valence-electron chi connectivity index (χ4n) is 1.90. The largest absolute Gasteiger partial charge is 0.326 e. The van der Waals surface area contributed by atoms with E-state index in [1.165, 1.54) is 0 Å². The predicted octanol–water partition coefficient (Wildman–Crippen LogP) is 4.25. The first-order valence-corrected chi connectivity index (χ1v) is 6.95. The minimum absolute atomic E-state index is 0.00630. The number of carbonyl (C=O) groups excluding carboxylic acids is 1. The molecule has 0 aliphatic heterocycles. The van der Waals surface area contributed by atoms with E-state index in [-0.39, 0.29) is 5.91 Å². The smallest absolute Gasteiger partial charge is 0.228 e. The van der Waals surface area contributed by atoms with E-state index in [1.807, 2.05) is 56.3 Å². The van der Waals surface area contributed by atoms with Crippen LogP contribution in [0.4, 0.5) is 5.69 Å². The summed E-state index contributed by atoms with van der Waals surface area (Å²) in [6.45, 7) is 4.01. The summed E-state index contributed by atoms with van der Waals surface area (Å²) in [7, 11) is 0. The molecule has 0 bridgehead atoms. The van der Waals surface area contributed by atoms with Gasteiger partial charge in [-0.2, -0.15) is 0 Å². The molecule has 2 nitrogen and oxygen atoms in total. The molecule has 19 heavy (non-hydrogen) atoms. The van der Waals surface area contributed by atoms with Crippen LogP contribution in [-0.2, 0) is 11.2 Å². The molecule has 1 N–H and O–H groups in total. The second-order valence-electron chi connectivity index (χ2n) is 4.67. The van der Waals surface area contributed by atoms with Gasteiger partial charge in [0, 0.05) is 10.2 Å². The van der Waals surface area contributed by atoms with Crippen molar-refractivity contribution in [2.45, 2.75) is 20.3 Å². The molecule has 0 atom stereocenters. The molecule has 2 rings (SSSR count). The molecule has 2 aromatic carbocycles. The number of amides is 1. The molecule has 1 amide bonds. The summed E-state index contributed by atoms with van der Waals surface area (Å²) < 4.78 is 0.990. The van der Waals surface area contributed by atoms with Gasteiger partial charge in [0.1, 0.15) is 0 Å². The number of halogens is 1. The molecule has 98 valence electrons. The topological polar surface area (TPSA) is 29.1 Å². The fourth-order valence-corrected chi connectivity index (χ4v) is 2.34. The first-order valence-electron chi connectivity index (χ1n) is 6.16. The first kappa shape index (κ1) is 13.8. The summed E-state index contributed by atoms with van der Waals surface area (Å²) in [4.78, 5) is 12.0. The van der Waals surface area contributed by atoms with Gasteiger partial charge in [0.25, 0.3) is 0 Å². The van der Waals surface area contributed by atoms with Crippen LogP contribution in [0.2, 0.25) is 0 Å². The highest BCUT2D eigenvalue weighted by Gasteiger charge is 2.06. The first-order chi connectivity index (χ1) is 9.04. The highest BCUT2D eigenvalue weighted by molar-refractivity contribution is 9.10. The summed E-state index contributed by atoms with van der Waals surface area (Å²) in [5, 5.41) is 2.96. The minimum Gasteiger partial charge on any atom is -0.326 e. The molecule has 0 aromatic heterocycles. The molecule has 3 heteroatoms. The van der Waals surface area contributed by atoms with Gasteiger partial charge in [-0.05, 0) is 48.7 Å². The van der Waals surface area contributed by atoms with Crippen LogP contribution in [-0.4, -0.2) is 5.91 Å². The number of carbonyl (C=O) groups is 1. The number of anilines is 1. The van der Waals surface area contributed by atoms with Crippen molar-refractivity contribution in [2.75, 3.05) is 5.32 Å². The number of hydrogen-bond donors (Lipinski definition) is 1. The average Bonchev–Trinajstić information content (AvgIpc) is 2.34. The SMILES string of the molecule is Cc1ccc(C)c(NC(=O)Cc2cccc(Br)c2)c1. The molecule has 0 saturated carbocycles. The maximum Gasteiger partial charge on any atom is 0.228 e. The van der Waals surface area contributed by atoms with Gasteiger partial charge in [0.15, 0.2) is 0 Å². The van der Waals surface area contributed by atoms with Gasteiger partial charge >= 0.3 is 0 Å². The third-order valence-electron chi connectivity index (χ3n) is 2.92. The van der Waals surface area contributed by atoms with Gasteiger partial charge in [0.2, 0.25) is 5.91 Å². The van der Waals surface area contributed by atoms with Crippen molar-refractivity contribution in [3.63, 3.8) is 0 Å². The lowest BCUT2D eigenvalue weighted by atomic mass is 10.1. The zero-order valence-corrected chi connectivity index (χ0v) is 12.6. The second-order valence-corrected chi connectivity index (χ2v) is 5.59. The number of aryl methyl sites for hydroxylation is 2. The summed E-state index contributed by atoms with van der Waals surface area (Å²) >= 11 is 3.41. The third kappa shape index (κ3) is 3.93. The fraction of sp³-hybridized carbons (Fsp3) is 0.188. The van der Waals surface area contributed by atoms with Crippen molar-refractivity contribution in [1.29, 1.82) is 0 Å². The molecule has 0 aliphatic carbocycles. The molecule has 0 fully saturated rings. The third-order valence-corrected chi connectivity index (χ3v) is 3.41. The molecule has 0 saturated heterocycles. The Morgan fingerprint density at radius 2 is 1.95 bits per heavy atom. The monoisotopic (exact) mass is 317 g/mol. The Morgan fingerprint density at radius 1 is 1.16 bits per heavy atom. The molecule has 0 unspecified atom stereocenters. The molecule has 0 aliphatic rings. The number of benzene rings is 2. The number of nitrogens with one attached hydrogen (secondary N) is 1. The van der Waals surface area contributed by atoms with Gasteiger partial charge in [0.05, 0.1) is 6.42 Å². The van der Waals surface area contributed by atoms with E-state index >= 15 is 0 Å². The van der Waals surface area contributed by atoms with Crippen LogP contribution in [0.5, 0.6) is 0 Å². The Labute approximate surface area is 122 Å². The van der Waals surface area contributed by atoms with E-state index in [2.05, 4.69) is 21.2 Å². The Morgan fingerprint density at radius 3 is 2.68 bits per heavy atom. The highest BCUT2D eigenvalue weighted by Crippen LogP contribution is 2.17. The van der Waals surface area contributed by atoms with E-state index in [0.717, 1.165) is 26.9 Å². The van der Waals surface area contributed by atoms with Crippen molar-refractivity contribution in [3.05, 3.63) is 63.6 Å². The van der Waals surface area contributed by atoms with Crippen molar-refractivity contribution in [3.8, 4) is 0 Å². The Hall–Kier alpha value is -1.61. The summed E-state index contributed by atoms with van der Waals surface area (Å²) in [6.07, 6.45) is 0.382. The van der Waals surface area contributed by atoms with Crippen LogP contribution < -0.4 is 5.32 Å². The zero-order valence-electron chi connectivity index (χ0n) is 11.0. The van der Waals surface area contributed by atoms with Gasteiger partial charge in [-0.1, -0.05) is 40.2 Å². The molecular formula is C16H16BrNO. The van der Waals surface area contributed by atoms with Crippen molar-refractivity contribution in [2.24, 2.45) is 0 Å². The van der Waals surface area contributed by atoms with Crippen LogP contribution in [0.1, 0.15) is 16.7 Å². The lowest BCUT2D eigenvalue weighted by molar-refractivity contribution is -0.115. The van der Waals surface area contributed by atoms with Crippen LogP contribution >= 0.6 is 15.9 Å². The van der Waals surface area contributed by atoms with Crippen LogP contribution in [0.3, 0.4) is 0 Å².